The Morgan fingerprint density at radius 2 is 1.89 bits per heavy atom. The number of ether oxygens (including phenoxy) is 3. The summed E-state index contributed by atoms with van der Waals surface area (Å²) in [5.41, 5.74) is -0.590. The summed E-state index contributed by atoms with van der Waals surface area (Å²) in [4.78, 5) is 44.7. The number of nitrogens with zero attached hydrogens (tertiary/aromatic N) is 2. The van der Waals surface area contributed by atoms with Crippen LogP contribution in [0.5, 0.6) is 5.75 Å². The molecule has 1 aromatic rings. The third-order valence-electron chi connectivity index (χ3n) is 7.79. The lowest BCUT2D eigenvalue weighted by atomic mass is 9.78. The van der Waals surface area contributed by atoms with Crippen molar-refractivity contribution in [2.45, 2.75) is 49.9 Å². The first-order chi connectivity index (χ1) is 18.0. The monoisotopic (exact) mass is 510 g/mol. The Hall–Kier alpha value is -3.17. The quantitative estimate of drug-likeness (QED) is 0.341. The minimum Gasteiger partial charge on any atom is -0.497 e. The van der Waals surface area contributed by atoms with Gasteiger partial charge < -0.3 is 29.1 Å². The summed E-state index contributed by atoms with van der Waals surface area (Å²) in [7, 11) is 1.58. The second-order valence-corrected chi connectivity index (χ2v) is 9.95. The molecule has 4 aliphatic heterocycles. The fourth-order valence-corrected chi connectivity index (χ4v) is 6.06. The first-order valence-corrected chi connectivity index (χ1v) is 13.1. The van der Waals surface area contributed by atoms with E-state index in [2.05, 4.69) is 0 Å². The molecular weight excluding hydrogens is 476 g/mol. The lowest BCUT2D eigenvalue weighted by Crippen LogP contribution is -2.55. The van der Waals surface area contributed by atoms with E-state index in [0.29, 0.717) is 50.2 Å². The molecule has 0 aliphatic carbocycles. The summed E-state index contributed by atoms with van der Waals surface area (Å²) < 4.78 is 17.4. The first kappa shape index (κ1) is 25.5. The minimum absolute atomic E-state index is 0.0713. The van der Waals surface area contributed by atoms with Crippen molar-refractivity contribution in [2.24, 2.45) is 11.8 Å². The molecule has 0 saturated carbocycles. The van der Waals surface area contributed by atoms with E-state index in [-0.39, 0.29) is 25.0 Å². The Bertz CT molecular complexity index is 1080. The number of likely N-dealkylation sites (tertiary alicyclic amines) is 1. The molecule has 1 aromatic carbocycles. The molecule has 9 heteroatoms. The van der Waals surface area contributed by atoms with Crippen molar-refractivity contribution in [1.29, 1.82) is 0 Å². The maximum atomic E-state index is 14.2. The fourth-order valence-electron chi connectivity index (χ4n) is 6.06. The van der Waals surface area contributed by atoms with Gasteiger partial charge in [-0.05, 0) is 56.4 Å². The molecular formula is C28H34N2O7. The van der Waals surface area contributed by atoms with Crippen LogP contribution in [0.2, 0.25) is 0 Å². The van der Waals surface area contributed by atoms with Gasteiger partial charge in [0.1, 0.15) is 23.3 Å². The third-order valence-corrected chi connectivity index (χ3v) is 7.79. The molecule has 1 N–H and O–H groups in total. The van der Waals surface area contributed by atoms with Crippen LogP contribution in [0.15, 0.2) is 48.6 Å². The summed E-state index contributed by atoms with van der Waals surface area (Å²) in [6, 6.07) is 6.29. The van der Waals surface area contributed by atoms with Crippen molar-refractivity contribution in [1.82, 2.24) is 4.90 Å². The number of hydrogen-bond acceptors (Lipinski definition) is 7. The van der Waals surface area contributed by atoms with Gasteiger partial charge in [-0.3, -0.25) is 14.4 Å². The Kier molecular flexibility index (Phi) is 7.35. The van der Waals surface area contributed by atoms with E-state index in [9.17, 15) is 19.5 Å². The van der Waals surface area contributed by atoms with Gasteiger partial charge in [-0.25, -0.2) is 0 Å². The number of aliphatic hydroxyl groups is 1. The number of aliphatic hydroxyl groups excluding tert-OH is 1. The normalized spacial score (nSPS) is 32.0. The van der Waals surface area contributed by atoms with Gasteiger partial charge in [0.15, 0.2) is 0 Å². The van der Waals surface area contributed by atoms with Crippen LogP contribution in [0.3, 0.4) is 0 Å². The fraction of sp³-hybridized carbons (Fsp3) is 0.536. The highest BCUT2D eigenvalue weighted by molar-refractivity contribution is 6.05. The average molecular weight is 511 g/mol. The maximum Gasteiger partial charge on any atom is 0.312 e. The molecule has 4 heterocycles. The van der Waals surface area contributed by atoms with E-state index in [1.165, 1.54) is 0 Å². The highest BCUT2D eigenvalue weighted by atomic mass is 16.6. The molecule has 0 bridgehead atoms. The summed E-state index contributed by atoms with van der Waals surface area (Å²) in [5, 5.41) is 9.20. The number of unbranched alkanes of at least 4 members (excludes halogenated alkanes) is 2. The van der Waals surface area contributed by atoms with Crippen molar-refractivity contribution in [3.05, 3.63) is 48.6 Å². The number of amides is 2. The van der Waals surface area contributed by atoms with Crippen LogP contribution in [0.25, 0.3) is 0 Å². The Balaban J connectivity index is 1.55. The number of rotatable bonds is 7. The number of fused-ring (bicyclic) bond motifs is 2. The van der Waals surface area contributed by atoms with Gasteiger partial charge in [-0.1, -0.05) is 24.3 Å². The molecule has 2 fully saturated rings. The molecule has 5 atom stereocenters. The number of esters is 1. The van der Waals surface area contributed by atoms with Gasteiger partial charge in [0.05, 0.1) is 25.7 Å². The molecule has 1 spiro atoms. The molecule has 4 aliphatic rings. The summed E-state index contributed by atoms with van der Waals surface area (Å²) in [5.74, 6) is -1.97. The van der Waals surface area contributed by atoms with Gasteiger partial charge >= 0.3 is 5.97 Å². The van der Waals surface area contributed by atoms with Crippen LogP contribution in [0, 0.1) is 11.8 Å². The molecule has 2 saturated heterocycles. The highest BCUT2D eigenvalue weighted by Crippen LogP contribution is 2.53. The number of benzene rings is 1. The van der Waals surface area contributed by atoms with E-state index >= 15 is 0 Å². The van der Waals surface area contributed by atoms with Crippen LogP contribution in [0.1, 0.15) is 32.1 Å². The zero-order valence-corrected chi connectivity index (χ0v) is 21.1. The molecule has 2 amide bonds. The average Bonchev–Trinajstić information content (AvgIpc) is 3.31. The van der Waals surface area contributed by atoms with E-state index in [4.69, 9.17) is 14.2 Å². The van der Waals surface area contributed by atoms with Gasteiger partial charge in [-0.15, -0.1) is 0 Å². The smallest absolute Gasteiger partial charge is 0.312 e. The molecule has 5 rings (SSSR count). The van der Waals surface area contributed by atoms with Crippen LogP contribution in [-0.2, 0) is 23.9 Å². The summed E-state index contributed by atoms with van der Waals surface area (Å²) in [6.07, 6.45) is 10.3. The Labute approximate surface area is 216 Å². The molecule has 198 valence electrons. The zero-order valence-electron chi connectivity index (χ0n) is 21.1. The first-order valence-electron chi connectivity index (χ1n) is 13.1. The van der Waals surface area contributed by atoms with Gasteiger partial charge in [0.2, 0.25) is 5.91 Å². The third kappa shape index (κ3) is 4.44. The number of cyclic esters (lactones) is 1. The van der Waals surface area contributed by atoms with Crippen molar-refractivity contribution >= 4 is 23.5 Å². The van der Waals surface area contributed by atoms with Crippen molar-refractivity contribution in [3.8, 4) is 5.75 Å². The van der Waals surface area contributed by atoms with Crippen molar-refractivity contribution in [3.63, 3.8) is 0 Å². The second-order valence-electron chi connectivity index (χ2n) is 9.95. The number of carbonyl (C=O) groups excluding carboxylic acids is 3. The molecule has 37 heavy (non-hydrogen) atoms. The van der Waals surface area contributed by atoms with Crippen molar-refractivity contribution in [2.75, 3.05) is 38.3 Å². The zero-order chi connectivity index (χ0) is 26.0. The standard InChI is InChI=1S/C28H34N2O7/c1-35-20-12-10-19(11-13-20)29-16-8-14-28-23(22-21(37-28)9-4-2-7-18-36-27(22)34)25(32)30(24(28)26(29)33)15-5-3-6-17-31/h4,8-14,21-24,31H,2-3,5-7,15-18H2,1H3/b9-4-/t21-,22+,23-,24?,28-/m0/s1. The van der Waals surface area contributed by atoms with E-state index in [0.717, 1.165) is 6.42 Å². The van der Waals surface area contributed by atoms with Gasteiger partial charge in [-0.2, -0.15) is 0 Å². The van der Waals surface area contributed by atoms with Gasteiger partial charge in [0.25, 0.3) is 5.91 Å². The van der Waals surface area contributed by atoms with Gasteiger partial charge in [0, 0.05) is 25.4 Å². The van der Waals surface area contributed by atoms with E-state index in [1.807, 2.05) is 36.4 Å². The minimum atomic E-state index is -1.27. The highest BCUT2D eigenvalue weighted by Gasteiger charge is 2.71. The van der Waals surface area contributed by atoms with Crippen molar-refractivity contribution < 1.29 is 33.7 Å². The van der Waals surface area contributed by atoms with Crippen LogP contribution < -0.4 is 9.64 Å². The molecule has 0 aromatic heterocycles. The van der Waals surface area contributed by atoms with E-state index in [1.54, 1.807) is 29.0 Å². The number of methoxy groups -OCH3 is 1. The summed E-state index contributed by atoms with van der Waals surface area (Å²) in [6.45, 7) is 1.00. The topological polar surface area (TPSA) is 106 Å². The molecule has 0 radical (unpaired) electrons. The molecule has 1 unspecified atom stereocenters. The Morgan fingerprint density at radius 1 is 1.08 bits per heavy atom. The van der Waals surface area contributed by atoms with Crippen LogP contribution in [-0.4, -0.2) is 79.0 Å². The SMILES string of the molecule is COc1ccc(N2CC=C[C@]34O[C@H]5/C=C\CCCOC(=O)[C@H]5[C@H]3C(=O)N(CCCCCO)C4C2=O)cc1. The Morgan fingerprint density at radius 3 is 2.65 bits per heavy atom. The number of carbonyl (C=O) groups is 3. The second kappa shape index (κ2) is 10.7. The predicted octanol–water partition coefficient (Wildman–Crippen LogP) is 2.23. The lowest BCUT2D eigenvalue weighted by Gasteiger charge is -2.35. The van der Waals surface area contributed by atoms with E-state index < -0.39 is 35.6 Å². The molecule has 9 nitrogen and oxygen atoms in total. The van der Waals surface area contributed by atoms with Crippen LogP contribution in [0.4, 0.5) is 5.69 Å². The van der Waals surface area contributed by atoms with Crippen LogP contribution >= 0.6 is 0 Å². The largest absolute Gasteiger partial charge is 0.497 e. The lowest BCUT2D eigenvalue weighted by molar-refractivity contribution is -0.154. The summed E-state index contributed by atoms with van der Waals surface area (Å²) >= 11 is 0. The number of allylic oxidation sites excluding steroid dienone is 1. The number of hydrogen-bond donors (Lipinski definition) is 1. The predicted molar refractivity (Wildman–Crippen MR) is 135 cm³/mol. The number of anilines is 1. The maximum absolute atomic E-state index is 14.2.